The molecule has 0 aliphatic carbocycles. The number of hydrogen-bond acceptors (Lipinski definition) is 3. The molecule has 5 heteroatoms. The molecule has 0 aliphatic rings. The van der Waals surface area contributed by atoms with E-state index in [-0.39, 0.29) is 5.25 Å². The van der Waals surface area contributed by atoms with E-state index in [1.165, 1.54) is 14.2 Å². The molecule has 86 valence electrons. The van der Waals surface area contributed by atoms with E-state index in [1.54, 1.807) is 17.6 Å². The molecule has 2 unspecified atom stereocenters. The highest BCUT2D eigenvalue weighted by Gasteiger charge is 2.06. The van der Waals surface area contributed by atoms with E-state index in [4.69, 9.17) is 0 Å². The summed E-state index contributed by atoms with van der Waals surface area (Å²) in [5.74, 6) is 0. The van der Waals surface area contributed by atoms with Crippen LogP contribution in [0.2, 0.25) is 0 Å². The predicted octanol–water partition coefficient (Wildman–Crippen LogP) is 2.68. The second-order valence-corrected chi connectivity index (χ2v) is 7.87. The van der Waals surface area contributed by atoms with Gasteiger partial charge in [0.25, 0.3) is 0 Å². The summed E-state index contributed by atoms with van der Waals surface area (Å²) < 4.78 is 12.3. The topological polar surface area (TPSA) is 29.1 Å². The molecule has 0 bridgehead atoms. The third kappa shape index (κ3) is 4.34. The maximum Gasteiger partial charge on any atom is 0.0730 e. The molecule has 1 aromatic heterocycles. The minimum absolute atomic E-state index is 0.217. The van der Waals surface area contributed by atoms with Gasteiger partial charge in [-0.1, -0.05) is 0 Å². The Hall–Kier alpha value is 0.290. The van der Waals surface area contributed by atoms with Crippen molar-refractivity contribution in [2.45, 2.75) is 25.6 Å². The lowest BCUT2D eigenvalue weighted by molar-refractivity contribution is 0.649. The lowest BCUT2D eigenvalue weighted by Gasteiger charge is -2.08. The molecular weight excluding hydrogens is 294 g/mol. The molecule has 0 amide bonds. The zero-order valence-corrected chi connectivity index (χ0v) is 12.4. The van der Waals surface area contributed by atoms with Gasteiger partial charge in [0.05, 0.1) is 3.79 Å². The maximum atomic E-state index is 11.1. The number of nitrogens with one attached hydrogen (secondary N) is 1. The third-order valence-electron chi connectivity index (χ3n) is 2.21. The number of rotatable bonds is 5. The smallest absolute Gasteiger partial charge is 0.0730 e. The highest BCUT2D eigenvalue weighted by Crippen LogP contribution is 2.26. The zero-order valence-electron chi connectivity index (χ0n) is 9.17. The van der Waals surface area contributed by atoms with Gasteiger partial charge in [0.1, 0.15) is 0 Å². The van der Waals surface area contributed by atoms with Gasteiger partial charge >= 0.3 is 0 Å². The van der Waals surface area contributed by atoms with Crippen molar-refractivity contribution in [3.8, 4) is 0 Å². The van der Waals surface area contributed by atoms with Crippen molar-refractivity contribution in [3.63, 3.8) is 0 Å². The highest BCUT2D eigenvalue weighted by molar-refractivity contribution is 9.11. The second-order valence-electron chi connectivity index (χ2n) is 3.61. The molecule has 0 saturated carbocycles. The quantitative estimate of drug-likeness (QED) is 0.906. The maximum absolute atomic E-state index is 11.1. The molecule has 0 spiro atoms. The van der Waals surface area contributed by atoms with Gasteiger partial charge in [0.15, 0.2) is 0 Å². The van der Waals surface area contributed by atoms with Crippen LogP contribution in [0.15, 0.2) is 9.85 Å². The van der Waals surface area contributed by atoms with Gasteiger partial charge in [0, 0.05) is 40.3 Å². The Morgan fingerprint density at radius 2 is 2.33 bits per heavy atom. The van der Waals surface area contributed by atoms with Crippen molar-refractivity contribution in [3.05, 3.63) is 20.3 Å². The first-order chi connectivity index (χ1) is 7.00. The van der Waals surface area contributed by atoms with Crippen LogP contribution in [0, 0.1) is 6.92 Å². The van der Waals surface area contributed by atoms with Crippen LogP contribution >= 0.6 is 27.3 Å². The summed E-state index contributed by atoms with van der Waals surface area (Å²) in [6, 6.07) is 2.18. The Balaban J connectivity index is 2.35. The lowest BCUT2D eigenvalue weighted by atomic mass is 10.3. The van der Waals surface area contributed by atoms with E-state index in [0.29, 0.717) is 0 Å². The molecule has 1 rings (SSSR count). The first-order valence-corrected chi connectivity index (χ1v) is 8.01. The third-order valence-corrected chi connectivity index (χ3v) is 5.64. The summed E-state index contributed by atoms with van der Waals surface area (Å²) in [6.45, 7) is 5.75. The van der Waals surface area contributed by atoms with E-state index in [9.17, 15) is 4.21 Å². The summed E-state index contributed by atoms with van der Waals surface area (Å²) in [6.07, 6.45) is 1.75. The Kier molecular flexibility index (Phi) is 5.46. The minimum atomic E-state index is -0.736. The summed E-state index contributed by atoms with van der Waals surface area (Å²) in [5.41, 5.74) is 1.28. The van der Waals surface area contributed by atoms with E-state index >= 15 is 0 Å². The van der Waals surface area contributed by atoms with Gasteiger partial charge in [-0.15, -0.1) is 11.3 Å². The molecule has 2 nitrogen and oxygen atoms in total. The van der Waals surface area contributed by atoms with E-state index in [0.717, 1.165) is 13.1 Å². The van der Waals surface area contributed by atoms with Crippen molar-refractivity contribution in [2.24, 2.45) is 0 Å². The predicted molar refractivity (Wildman–Crippen MR) is 72.0 cm³/mol. The Labute approximate surface area is 106 Å². The second kappa shape index (κ2) is 6.13. The van der Waals surface area contributed by atoms with Gasteiger partial charge in [-0.2, -0.15) is 0 Å². The Morgan fingerprint density at radius 3 is 2.80 bits per heavy atom. The Bertz CT molecular complexity index is 332. The van der Waals surface area contributed by atoms with Crippen LogP contribution in [0.4, 0.5) is 0 Å². The summed E-state index contributed by atoms with van der Waals surface area (Å²) in [7, 11) is -0.736. The fourth-order valence-electron chi connectivity index (χ4n) is 1.13. The van der Waals surface area contributed by atoms with E-state index in [1.807, 2.05) is 6.92 Å². The van der Waals surface area contributed by atoms with Crippen LogP contribution in [-0.4, -0.2) is 22.3 Å². The average molecular weight is 310 g/mol. The normalized spacial score (nSPS) is 15.2. The highest BCUT2D eigenvalue weighted by atomic mass is 79.9. The molecule has 0 radical (unpaired) electrons. The molecule has 1 N–H and O–H groups in total. The van der Waals surface area contributed by atoms with Crippen LogP contribution in [0.3, 0.4) is 0 Å². The number of thiophene rings is 1. The van der Waals surface area contributed by atoms with Crippen LogP contribution in [0.25, 0.3) is 0 Å². The molecule has 1 heterocycles. The first kappa shape index (κ1) is 13.4. The molecule has 0 aliphatic heterocycles. The van der Waals surface area contributed by atoms with Crippen LogP contribution in [0.1, 0.15) is 17.4 Å². The van der Waals surface area contributed by atoms with E-state index < -0.39 is 10.8 Å². The van der Waals surface area contributed by atoms with Crippen molar-refractivity contribution in [1.82, 2.24) is 5.32 Å². The molecule has 0 saturated heterocycles. The molecule has 0 aromatic carbocycles. The van der Waals surface area contributed by atoms with Crippen molar-refractivity contribution >= 4 is 38.1 Å². The Morgan fingerprint density at radius 1 is 1.67 bits per heavy atom. The van der Waals surface area contributed by atoms with Crippen molar-refractivity contribution in [1.29, 1.82) is 0 Å². The molecular formula is C10H16BrNOS2. The van der Waals surface area contributed by atoms with Gasteiger partial charge in [-0.25, -0.2) is 0 Å². The monoisotopic (exact) mass is 309 g/mol. The van der Waals surface area contributed by atoms with Crippen molar-refractivity contribution in [2.75, 3.05) is 12.8 Å². The molecule has 1 aromatic rings. The number of halogens is 1. The summed E-state index contributed by atoms with van der Waals surface area (Å²) >= 11 is 5.25. The number of aryl methyl sites for hydroxylation is 1. The summed E-state index contributed by atoms with van der Waals surface area (Å²) in [5, 5.41) is 3.54. The summed E-state index contributed by atoms with van der Waals surface area (Å²) in [4.78, 5) is 1.31. The van der Waals surface area contributed by atoms with Crippen LogP contribution < -0.4 is 5.32 Å². The average Bonchev–Trinajstić information content (AvgIpc) is 2.46. The first-order valence-electron chi connectivity index (χ1n) is 4.78. The standard InChI is InChI=1S/C10H16BrNOS2/c1-7-4-9(14-10(7)11)6-12-5-8(2)15(3)13/h4,8,12H,5-6H2,1-3H3. The molecule has 15 heavy (non-hydrogen) atoms. The number of hydrogen-bond donors (Lipinski definition) is 1. The van der Waals surface area contributed by atoms with Gasteiger partial charge in [-0.05, 0) is 41.4 Å². The van der Waals surface area contributed by atoms with Crippen LogP contribution in [0.5, 0.6) is 0 Å². The zero-order chi connectivity index (χ0) is 11.4. The van der Waals surface area contributed by atoms with Gasteiger partial charge in [0.2, 0.25) is 0 Å². The van der Waals surface area contributed by atoms with Gasteiger partial charge in [-0.3, -0.25) is 4.21 Å². The van der Waals surface area contributed by atoms with Crippen molar-refractivity contribution < 1.29 is 4.21 Å². The largest absolute Gasteiger partial charge is 0.311 e. The van der Waals surface area contributed by atoms with Crippen LogP contribution in [-0.2, 0) is 17.3 Å². The molecule has 0 fully saturated rings. The van der Waals surface area contributed by atoms with E-state index in [2.05, 4.69) is 34.2 Å². The molecule has 2 atom stereocenters. The fraction of sp³-hybridized carbons (Fsp3) is 0.600. The van der Waals surface area contributed by atoms with Gasteiger partial charge < -0.3 is 5.32 Å². The minimum Gasteiger partial charge on any atom is -0.311 e. The fourth-order valence-corrected chi connectivity index (χ4v) is 3.08. The SMILES string of the molecule is Cc1cc(CNCC(C)S(C)=O)sc1Br. The lowest BCUT2D eigenvalue weighted by Crippen LogP contribution is -2.26.